The third-order valence-corrected chi connectivity index (χ3v) is 6.78. The minimum Gasteiger partial charge on any atom is -0.310 e. The van der Waals surface area contributed by atoms with Crippen LogP contribution >= 0.6 is 23.1 Å². The van der Waals surface area contributed by atoms with Gasteiger partial charge in [0.1, 0.15) is 11.4 Å². The van der Waals surface area contributed by atoms with Crippen molar-refractivity contribution in [2.24, 2.45) is 0 Å². The first kappa shape index (κ1) is 14.9. The van der Waals surface area contributed by atoms with E-state index in [4.69, 9.17) is 0 Å². The van der Waals surface area contributed by atoms with Crippen molar-refractivity contribution >= 4 is 50.3 Å². The van der Waals surface area contributed by atoms with Gasteiger partial charge in [0.15, 0.2) is 5.13 Å². The van der Waals surface area contributed by atoms with Crippen molar-refractivity contribution in [3.05, 3.63) is 59.7 Å². The first-order chi connectivity index (χ1) is 12.2. The van der Waals surface area contributed by atoms with Crippen molar-refractivity contribution in [2.75, 3.05) is 11.1 Å². The van der Waals surface area contributed by atoms with Crippen LogP contribution in [0.4, 0.5) is 5.13 Å². The first-order valence-corrected chi connectivity index (χ1v) is 9.78. The van der Waals surface area contributed by atoms with Crippen LogP contribution in [0.3, 0.4) is 0 Å². The highest BCUT2D eigenvalue weighted by Gasteiger charge is 2.48. The highest BCUT2D eigenvalue weighted by atomic mass is 32.2. The number of rotatable bonds is 2. The molecule has 1 saturated heterocycles. The van der Waals surface area contributed by atoms with Crippen LogP contribution in [0.15, 0.2) is 48.5 Å². The molecule has 0 spiro atoms. The molecule has 2 aliphatic heterocycles. The largest absolute Gasteiger partial charge is 0.310 e. The van der Waals surface area contributed by atoms with E-state index in [1.54, 1.807) is 16.7 Å². The van der Waals surface area contributed by atoms with Crippen molar-refractivity contribution in [3.8, 4) is 0 Å². The van der Waals surface area contributed by atoms with Crippen LogP contribution in [0.1, 0.15) is 21.3 Å². The number of thiazole rings is 1. The van der Waals surface area contributed by atoms with Gasteiger partial charge >= 0.3 is 0 Å². The van der Waals surface area contributed by atoms with Crippen molar-refractivity contribution in [1.29, 1.82) is 0 Å². The second-order valence-electron chi connectivity index (χ2n) is 5.98. The van der Waals surface area contributed by atoms with Crippen LogP contribution in [-0.4, -0.2) is 33.5 Å². The van der Waals surface area contributed by atoms with Gasteiger partial charge in [-0.1, -0.05) is 41.7 Å². The lowest BCUT2D eigenvalue weighted by Crippen LogP contribution is -2.42. The molecule has 0 bridgehead atoms. The minimum atomic E-state index is -0.470. The Labute approximate surface area is 152 Å². The van der Waals surface area contributed by atoms with E-state index in [2.05, 4.69) is 10.3 Å². The summed E-state index contributed by atoms with van der Waals surface area (Å²) < 4.78 is 1.03. The molecule has 5 rings (SSSR count). The molecule has 0 unspecified atom stereocenters. The summed E-state index contributed by atoms with van der Waals surface area (Å²) in [7, 11) is 0. The van der Waals surface area contributed by atoms with Crippen LogP contribution < -0.4 is 5.32 Å². The fraction of sp³-hybridized carbons (Fsp3) is 0.167. The molecule has 2 aromatic carbocycles. The third kappa shape index (κ3) is 2.26. The van der Waals surface area contributed by atoms with Crippen molar-refractivity contribution in [1.82, 2.24) is 9.88 Å². The topological polar surface area (TPSA) is 62.3 Å². The van der Waals surface area contributed by atoms with E-state index in [1.807, 2.05) is 48.5 Å². The molecule has 25 heavy (non-hydrogen) atoms. The average molecular weight is 367 g/mol. The Hall–Kier alpha value is -2.38. The molecule has 3 heterocycles. The summed E-state index contributed by atoms with van der Waals surface area (Å²) in [5.74, 6) is 0.367. The zero-order valence-corrected chi connectivity index (χ0v) is 14.6. The van der Waals surface area contributed by atoms with Crippen molar-refractivity contribution in [3.63, 3.8) is 0 Å². The molecule has 3 aromatic rings. The van der Waals surface area contributed by atoms with Gasteiger partial charge in [0, 0.05) is 11.3 Å². The molecule has 2 amide bonds. The monoisotopic (exact) mass is 367 g/mol. The standard InChI is InChI=1S/C18H13N3O2S2/c22-15(20-18-19-12-7-3-4-8-14(12)25-18)13-9-24-17-11-6-2-1-5-10(11)16(23)21(13)17/h1-8,13,17H,9H2,(H,19,20,22)/t13-,17+/m0/s1. The minimum absolute atomic E-state index is 0.0601. The molecule has 5 nitrogen and oxygen atoms in total. The Morgan fingerprint density at radius 3 is 2.84 bits per heavy atom. The summed E-state index contributed by atoms with van der Waals surface area (Å²) in [5, 5.41) is 3.41. The van der Waals surface area contributed by atoms with Crippen LogP contribution in [0.5, 0.6) is 0 Å². The van der Waals surface area contributed by atoms with Crippen LogP contribution in [0, 0.1) is 0 Å². The molecular formula is C18H13N3O2S2. The predicted molar refractivity (Wildman–Crippen MR) is 99.8 cm³/mol. The third-order valence-electron chi connectivity index (χ3n) is 4.52. The van der Waals surface area contributed by atoms with Crippen LogP contribution in [0.25, 0.3) is 10.2 Å². The molecule has 0 aliphatic carbocycles. The molecule has 7 heteroatoms. The van der Waals surface area contributed by atoms with Gasteiger partial charge in [-0.3, -0.25) is 9.59 Å². The lowest BCUT2D eigenvalue weighted by molar-refractivity contribution is -0.119. The molecule has 1 fully saturated rings. The molecule has 1 N–H and O–H groups in total. The molecule has 2 atom stereocenters. The maximum absolute atomic E-state index is 12.8. The Kier molecular flexibility index (Phi) is 3.33. The lowest BCUT2D eigenvalue weighted by atomic mass is 10.1. The van der Waals surface area contributed by atoms with Crippen LogP contribution in [0.2, 0.25) is 0 Å². The van der Waals surface area contributed by atoms with E-state index < -0.39 is 6.04 Å². The second kappa shape index (κ2) is 5.57. The lowest BCUT2D eigenvalue weighted by Gasteiger charge is -2.22. The summed E-state index contributed by atoms with van der Waals surface area (Å²) in [5.41, 5.74) is 2.58. The number of para-hydroxylation sites is 1. The summed E-state index contributed by atoms with van der Waals surface area (Å²) in [6.07, 6.45) is 0. The fourth-order valence-electron chi connectivity index (χ4n) is 3.36. The molecule has 2 aliphatic rings. The maximum atomic E-state index is 12.8. The van der Waals surface area contributed by atoms with E-state index in [9.17, 15) is 9.59 Å². The summed E-state index contributed by atoms with van der Waals surface area (Å²) in [6, 6.07) is 14.9. The fourth-order valence-corrected chi connectivity index (χ4v) is 5.69. The molecule has 0 saturated carbocycles. The van der Waals surface area contributed by atoms with E-state index in [0.717, 1.165) is 15.8 Å². The maximum Gasteiger partial charge on any atom is 0.256 e. The number of hydrogen-bond donors (Lipinski definition) is 1. The van der Waals surface area contributed by atoms with Crippen LogP contribution in [-0.2, 0) is 4.79 Å². The van der Waals surface area contributed by atoms with Gasteiger partial charge in [0.2, 0.25) is 5.91 Å². The number of fused-ring (bicyclic) bond motifs is 4. The number of amides is 2. The summed E-state index contributed by atoms with van der Waals surface area (Å²) in [6.45, 7) is 0. The quantitative estimate of drug-likeness (QED) is 0.753. The number of benzene rings is 2. The normalized spacial score (nSPS) is 21.4. The summed E-state index contributed by atoms with van der Waals surface area (Å²) in [4.78, 5) is 31.6. The Bertz CT molecular complexity index is 983. The second-order valence-corrected chi connectivity index (χ2v) is 8.12. The molecular weight excluding hydrogens is 354 g/mol. The van der Waals surface area contributed by atoms with E-state index in [1.165, 1.54) is 11.3 Å². The number of nitrogens with zero attached hydrogens (tertiary/aromatic N) is 2. The molecule has 124 valence electrons. The van der Waals surface area contributed by atoms with Crippen molar-refractivity contribution < 1.29 is 9.59 Å². The number of nitrogens with one attached hydrogen (secondary N) is 1. The van der Waals surface area contributed by atoms with Gasteiger partial charge < -0.3 is 10.2 Å². The van der Waals surface area contributed by atoms with Gasteiger partial charge in [-0.15, -0.1) is 11.8 Å². The molecule has 0 radical (unpaired) electrons. The highest BCUT2D eigenvalue weighted by Crippen LogP contribution is 2.48. The Morgan fingerprint density at radius 2 is 1.96 bits per heavy atom. The van der Waals surface area contributed by atoms with Gasteiger partial charge in [-0.05, 0) is 23.8 Å². The van der Waals surface area contributed by atoms with E-state index >= 15 is 0 Å². The number of anilines is 1. The Balaban J connectivity index is 1.41. The van der Waals surface area contributed by atoms with Gasteiger partial charge in [-0.25, -0.2) is 4.98 Å². The van der Waals surface area contributed by atoms with E-state index in [0.29, 0.717) is 16.4 Å². The zero-order chi connectivity index (χ0) is 17.0. The van der Waals surface area contributed by atoms with Crippen molar-refractivity contribution in [2.45, 2.75) is 11.4 Å². The summed E-state index contributed by atoms with van der Waals surface area (Å²) >= 11 is 3.08. The molecule has 1 aromatic heterocycles. The van der Waals surface area contributed by atoms with Gasteiger partial charge in [0.25, 0.3) is 5.91 Å². The highest BCUT2D eigenvalue weighted by molar-refractivity contribution is 7.99. The first-order valence-electron chi connectivity index (χ1n) is 7.92. The number of thioether (sulfide) groups is 1. The SMILES string of the molecule is O=C(Nc1nc2ccccc2s1)[C@@H]1CS[C@@H]2c3ccccc3C(=O)N21. The number of hydrogen-bond acceptors (Lipinski definition) is 5. The average Bonchev–Trinajstić information content (AvgIpc) is 3.30. The smallest absolute Gasteiger partial charge is 0.256 e. The number of aromatic nitrogens is 1. The van der Waals surface area contributed by atoms with Gasteiger partial charge in [0.05, 0.1) is 10.2 Å². The van der Waals surface area contributed by atoms with E-state index in [-0.39, 0.29) is 17.2 Å². The Morgan fingerprint density at radius 1 is 1.16 bits per heavy atom. The number of carbonyl (C=O) groups is 2. The van der Waals surface area contributed by atoms with Gasteiger partial charge in [-0.2, -0.15) is 0 Å². The zero-order valence-electron chi connectivity index (χ0n) is 13.0. The number of carbonyl (C=O) groups excluding carboxylic acids is 2. The predicted octanol–water partition coefficient (Wildman–Crippen LogP) is 3.50.